The monoisotopic (exact) mass is 811 g/mol. The van der Waals surface area contributed by atoms with E-state index in [-0.39, 0.29) is 10.8 Å². The highest BCUT2D eigenvalue weighted by Gasteiger charge is 2.37. The molecule has 1 nitrogen and oxygen atoms in total. The van der Waals surface area contributed by atoms with Gasteiger partial charge in [0.1, 0.15) is 0 Å². The second-order valence-electron chi connectivity index (χ2n) is 18.1. The first-order valence-electron chi connectivity index (χ1n) is 21.7. The van der Waals surface area contributed by atoms with E-state index in [1.807, 2.05) is 11.3 Å². The Bertz CT molecular complexity index is 3390. The molecule has 0 amide bonds. The van der Waals surface area contributed by atoms with Gasteiger partial charge in [-0.15, -0.1) is 11.3 Å². The van der Waals surface area contributed by atoms with Gasteiger partial charge >= 0.3 is 0 Å². The van der Waals surface area contributed by atoms with Crippen molar-refractivity contribution >= 4 is 48.6 Å². The van der Waals surface area contributed by atoms with Gasteiger partial charge in [-0.05, 0) is 133 Å². The van der Waals surface area contributed by atoms with Gasteiger partial charge in [-0.25, -0.2) is 0 Å². The van der Waals surface area contributed by atoms with Crippen LogP contribution in [0.1, 0.15) is 49.9 Å². The third-order valence-electron chi connectivity index (χ3n) is 13.9. The maximum Gasteiger partial charge on any atom is 0.0465 e. The van der Waals surface area contributed by atoms with Crippen LogP contribution in [-0.2, 0) is 10.8 Å². The van der Waals surface area contributed by atoms with Crippen molar-refractivity contribution in [1.29, 1.82) is 0 Å². The lowest BCUT2D eigenvalue weighted by atomic mass is 9.81. The first kappa shape index (κ1) is 36.8. The zero-order chi connectivity index (χ0) is 41.7. The lowest BCUT2D eigenvalue weighted by Gasteiger charge is -2.28. The van der Waals surface area contributed by atoms with Gasteiger partial charge in [0.15, 0.2) is 0 Å². The molecule has 0 N–H and O–H groups in total. The van der Waals surface area contributed by atoms with Crippen molar-refractivity contribution in [2.75, 3.05) is 4.90 Å². The van der Waals surface area contributed by atoms with E-state index in [4.69, 9.17) is 0 Å². The van der Waals surface area contributed by atoms with Crippen molar-refractivity contribution in [3.8, 4) is 55.6 Å². The van der Waals surface area contributed by atoms with Gasteiger partial charge in [0, 0.05) is 53.6 Å². The van der Waals surface area contributed by atoms with Gasteiger partial charge in [-0.3, -0.25) is 0 Å². The minimum atomic E-state index is -0.102. The molecule has 0 radical (unpaired) electrons. The van der Waals surface area contributed by atoms with Gasteiger partial charge in [-0.1, -0.05) is 167 Å². The predicted molar refractivity (Wildman–Crippen MR) is 265 cm³/mol. The Balaban J connectivity index is 0.984. The molecule has 9 aromatic carbocycles. The molecule has 62 heavy (non-hydrogen) atoms. The van der Waals surface area contributed by atoms with E-state index in [1.165, 1.54) is 98.1 Å². The summed E-state index contributed by atoms with van der Waals surface area (Å²) >= 11 is 1.91. The molecule has 10 aromatic rings. The largest absolute Gasteiger partial charge is 0.310 e. The van der Waals surface area contributed by atoms with Crippen LogP contribution in [0.4, 0.5) is 17.1 Å². The predicted octanol–water partition coefficient (Wildman–Crippen LogP) is 17.1. The summed E-state index contributed by atoms with van der Waals surface area (Å²) in [5, 5.41) is 2.63. The number of fused-ring (bicyclic) bond motifs is 9. The van der Waals surface area contributed by atoms with Gasteiger partial charge < -0.3 is 4.90 Å². The summed E-state index contributed by atoms with van der Waals surface area (Å²) in [5.74, 6) is 0. The molecule has 2 aliphatic carbocycles. The highest BCUT2D eigenvalue weighted by molar-refractivity contribution is 7.26. The quantitative estimate of drug-likeness (QED) is 0.162. The number of hydrogen-bond donors (Lipinski definition) is 0. The topological polar surface area (TPSA) is 3.24 Å². The Labute approximate surface area is 368 Å². The van der Waals surface area contributed by atoms with E-state index in [0.717, 1.165) is 17.1 Å². The van der Waals surface area contributed by atoms with Crippen molar-refractivity contribution in [1.82, 2.24) is 0 Å². The van der Waals surface area contributed by atoms with Gasteiger partial charge in [0.2, 0.25) is 0 Å². The first-order valence-corrected chi connectivity index (χ1v) is 22.6. The number of thiophene rings is 1. The molecule has 0 spiro atoms. The fourth-order valence-electron chi connectivity index (χ4n) is 10.6. The van der Waals surface area contributed by atoms with Crippen LogP contribution < -0.4 is 4.90 Å². The molecule has 0 aliphatic heterocycles. The van der Waals surface area contributed by atoms with Crippen LogP contribution >= 0.6 is 11.3 Å². The summed E-state index contributed by atoms with van der Waals surface area (Å²) < 4.78 is 2.66. The number of anilines is 3. The molecule has 0 fully saturated rings. The summed E-state index contributed by atoms with van der Waals surface area (Å²) in [6, 6.07) is 74.7. The summed E-state index contributed by atoms with van der Waals surface area (Å²) in [4.78, 5) is 2.42. The van der Waals surface area contributed by atoms with E-state index in [9.17, 15) is 0 Å². The van der Waals surface area contributed by atoms with Crippen molar-refractivity contribution in [2.45, 2.75) is 38.5 Å². The van der Waals surface area contributed by atoms with Crippen molar-refractivity contribution in [2.24, 2.45) is 0 Å². The SMILES string of the molecule is CC1(C)c2ccccc2-c2ccc(-c3cc(-c4ccc(N(c5ccc(-c6ccccc6)cc5)c5ccc6c(c5)C(C)(C)c5ccccc5-6)cc4)cc4c3sc3ccccc34)cc21. The first-order chi connectivity index (χ1) is 30.2. The van der Waals surface area contributed by atoms with Crippen LogP contribution in [0, 0.1) is 0 Å². The zero-order valence-corrected chi connectivity index (χ0v) is 36.2. The van der Waals surface area contributed by atoms with Gasteiger partial charge in [-0.2, -0.15) is 0 Å². The molecular formula is C60H45NS. The molecule has 2 aliphatic rings. The minimum Gasteiger partial charge on any atom is -0.310 e. The summed E-state index contributed by atoms with van der Waals surface area (Å²) in [5.41, 5.74) is 21.6. The van der Waals surface area contributed by atoms with Crippen LogP contribution in [0.3, 0.4) is 0 Å². The average Bonchev–Trinajstić information content (AvgIpc) is 3.89. The molecule has 12 rings (SSSR count). The van der Waals surface area contributed by atoms with Crippen LogP contribution in [0.15, 0.2) is 200 Å². The third kappa shape index (κ3) is 5.60. The molecule has 0 unspecified atom stereocenters. The van der Waals surface area contributed by atoms with Crippen LogP contribution in [-0.4, -0.2) is 0 Å². The van der Waals surface area contributed by atoms with Crippen molar-refractivity contribution in [3.05, 3.63) is 222 Å². The molecule has 0 saturated carbocycles. The smallest absolute Gasteiger partial charge is 0.0465 e. The number of benzene rings is 9. The highest BCUT2D eigenvalue weighted by Crippen LogP contribution is 2.53. The second-order valence-corrected chi connectivity index (χ2v) is 19.2. The summed E-state index contributed by atoms with van der Waals surface area (Å²) in [6.07, 6.45) is 0. The lowest BCUT2D eigenvalue weighted by molar-refractivity contribution is 0.660. The molecule has 1 aromatic heterocycles. The average molecular weight is 812 g/mol. The van der Waals surface area contributed by atoms with Crippen LogP contribution in [0.2, 0.25) is 0 Å². The molecular weight excluding hydrogens is 767 g/mol. The lowest BCUT2D eigenvalue weighted by Crippen LogP contribution is -2.16. The highest BCUT2D eigenvalue weighted by atomic mass is 32.1. The van der Waals surface area contributed by atoms with Crippen LogP contribution in [0.5, 0.6) is 0 Å². The Hall–Kier alpha value is -7.00. The van der Waals surface area contributed by atoms with Gasteiger partial charge in [0.25, 0.3) is 0 Å². The molecule has 0 saturated heterocycles. The third-order valence-corrected chi connectivity index (χ3v) is 15.1. The normalized spacial score (nSPS) is 14.1. The van der Waals surface area contributed by atoms with Crippen LogP contribution in [0.25, 0.3) is 75.8 Å². The second kappa shape index (κ2) is 13.8. The standard InChI is InChI=1S/C60H45NS/c1-59(2)53-19-11-8-16-46(53)48-32-26-41(36-55(48)59)51-34-42(35-52-50-18-10-13-21-57(50)62-58(51)52)40-24-29-44(30-25-40)61(43-27-22-39(23-28-43)38-14-6-5-7-15-38)45-31-33-49-47-17-9-12-20-54(47)60(3,4)56(49)37-45/h5-37H,1-4H3. The Kier molecular flexibility index (Phi) is 8.17. The van der Waals surface area contributed by atoms with Gasteiger partial charge in [0.05, 0.1) is 0 Å². The van der Waals surface area contributed by atoms with E-state index in [2.05, 4.69) is 233 Å². The Morgan fingerprint density at radius 3 is 1.47 bits per heavy atom. The molecule has 0 atom stereocenters. The fraction of sp³-hybridized carbons (Fsp3) is 0.100. The summed E-state index contributed by atoms with van der Waals surface area (Å²) in [6.45, 7) is 9.47. The van der Waals surface area contributed by atoms with E-state index in [0.29, 0.717) is 0 Å². The number of nitrogens with zero attached hydrogens (tertiary/aromatic N) is 1. The van der Waals surface area contributed by atoms with E-state index in [1.54, 1.807) is 0 Å². The Morgan fingerprint density at radius 1 is 0.323 bits per heavy atom. The number of hydrogen-bond acceptors (Lipinski definition) is 2. The van der Waals surface area contributed by atoms with E-state index < -0.39 is 0 Å². The van der Waals surface area contributed by atoms with Crippen molar-refractivity contribution < 1.29 is 0 Å². The fourth-order valence-corrected chi connectivity index (χ4v) is 11.8. The Morgan fingerprint density at radius 2 is 0.806 bits per heavy atom. The molecule has 296 valence electrons. The maximum atomic E-state index is 2.47. The molecule has 2 heteroatoms. The molecule has 0 bridgehead atoms. The maximum absolute atomic E-state index is 2.47. The molecule has 1 heterocycles. The minimum absolute atomic E-state index is 0.0685. The zero-order valence-electron chi connectivity index (χ0n) is 35.4. The summed E-state index contributed by atoms with van der Waals surface area (Å²) in [7, 11) is 0. The number of rotatable bonds is 6. The van der Waals surface area contributed by atoms with Crippen molar-refractivity contribution in [3.63, 3.8) is 0 Å². The van der Waals surface area contributed by atoms with E-state index >= 15 is 0 Å².